The molecule has 0 radical (unpaired) electrons. The molecule has 26 heavy (non-hydrogen) atoms. The van der Waals surface area contributed by atoms with E-state index in [2.05, 4.69) is 22.5 Å². The number of aryl methyl sites for hydroxylation is 1. The van der Waals surface area contributed by atoms with Crippen molar-refractivity contribution in [2.45, 2.75) is 13.0 Å². The molecule has 2 atom stereocenters. The van der Waals surface area contributed by atoms with E-state index in [1.807, 2.05) is 31.2 Å². The number of nitrogens with one attached hydrogen (secondary N) is 3. The van der Waals surface area contributed by atoms with Crippen LogP contribution in [-0.2, 0) is 4.79 Å². The minimum absolute atomic E-state index is 0.113. The molecular formula is C19H17F2N3O2. The smallest absolute Gasteiger partial charge is 0.319 e. The van der Waals surface area contributed by atoms with Crippen LogP contribution in [0.4, 0.5) is 19.3 Å². The molecule has 0 aromatic heterocycles. The SMILES string of the molecule is C=C1NC(=O)N[C@@H](c2ccccc2C)[C@@H]1C(=O)Nc1ccc(F)c(F)c1. The van der Waals surface area contributed by atoms with E-state index in [1.54, 1.807) is 0 Å². The molecule has 3 N–H and O–H groups in total. The van der Waals surface area contributed by atoms with Crippen LogP contribution in [0, 0.1) is 24.5 Å². The second kappa shape index (κ2) is 6.95. The number of hydrogen-bond donors (Lipinski definition) is 3. The third-order valence-electron chi connectivity index (χ3n) is 4.26. The van der Waals surface area contributed by atoms with Crippen molar-refractivity contribution in [2.75, 3.05) is 5.32 Å². The van der Waals surface area contributed by atoms with Gasteiger partial charge in [0.05, 0.1) is 6.04 Å². The van der Waals surface area contributed by atoms with Gasteiger partial charge < -0.3 is 16.0 Å². The summed E-state index contributed by atoms with van der Waals surface area (Å²) in [4.78, 5) is 24.7. The maximum Gasteiger partial charge on any atom is 0.319 e. The van der Waals surface area contributed by atoms with Crippen LogP contribution in [0.25, 0.3) is 0 Å². The highest BCUT2D eigenvalue weighted by atomic mass is 19.2. The molecule has 0 aliphatic carbocycles. The molecule has 1 fully saturated rings. The maximum atomic E-state index is 13.4. The van der Waals surface area contributed by atoms with Gasteiger partial charge in [-0.25, -0.2) is 13.6 Å². The number of carbonyl (C=O) groups is 2. The Morgan fingerprint density at radius 3 is 2.58 bits per heavy atom. The average molecular weight is 357 g/mol. The summed E-state index contributed by atoms with van der Waals surface area (Å²) in [5.41, 5.74) is 2.01. The van der Waals surface area contributed by atoms with E-state index >= 15 is 0 Å². The molecule has 7 heteroatoms. The van der Waals surface area contributed by atoms with Crippen molar-refractivity contribution in [3.63, 3.8) is 0 Å². The first-order chi connectivity index (χ1) is 12.4. The molecule has 1 aliphatic heterocycles. The van der Waals surface area contributed by atoms with Gasteiger partial charge >= 0.3 is 6.03 Å². The predicted octanol–water partition coefficient (Wildman–Crippen LogP) is 3.40. The lowest BCUT2D eigenvalue weighted by atomic mass is 9.86. The summed E-state index contributed by atoms with van der Waals surface area (Å²) in [6, 6.07) is 9.34. The third-order valence-corrected chi connectivity index (χ3v) is 4.26. The minimum atomic E-state index is -1.06. The van der Waals surface area contributed by atoms with Crippen LogP contribution >= 0.6 is 0 Å². The van der Waals surface area contributed by atoms with Gasteiger partial charge in [-0.3, -0.25) is 4.79 Å². The van der Waals surface area contributed by atoms with E-state index in [-0.39, 0.29) is 11.4 Å². The fourth-order valence-corrected chi connectivity index (χ4v) is 2.98. The Morgan fingerprint density at radius 2 is 1.88 bits per heavy atom. The molecular weight excluding hydrogens is 340 g/mol. The van der Waals surface area contributed by atoms with Gasteiger partial charge in [0, 0.05) is 17.5 Å². The lowest BCUT2D eigenvalue weighted by Gasteiger charge is -2.34. The fraction of sp³-hybridized carbons (Fsp3) is 0.158. The van der Waals surface area contributed by atoms with Gasteiger partial charge in [-0.1, -0.05) is 30.8 Å². The quantitative estimate of drug-likeness (QED) is 0.788. The predicted molar refractivity (Wildman–Crippen MR) is 93.2 cm³/mol. The Labute approximate surface area is 149 Å². The van der Waals surface area contributed by atoms with Crippen LogP contribution in [0.5, 0.6) is 0 Å². The highest BCUT2D eigenvalue weighted by Crippen LogP contribution is 2.32. The van der Waals surface area contributed by atoms with Crippen molar-refractivity contribution < 1.29 is 18.4 Å². The summed E-state index contributed by atoms with van der Waals surface area (Å²) < 4.78 is 26.4. The fourth-order valence-electron chi connectivity index (χ4n) is 2.98. The third kappa shape index (κ3) is 3.42. The minimum Gasteiger partial charge on any atom is -0.330 e. The van der Waals surface area contributed by atoms with Crippen LogP contribution in [0.3, 0.4) is 0 Å². The van der Waals surface area contributed by atoms with Crippen LogP contribution in [-0.4, -0.2) is 11.9 Å². The van der Waals surface area contributed by atoms with Crippen molar-refractivity contribution >= 4 is 17.6 Å². The molecule has 1 aliphatic rings. The van der Waals surface area contributed by atoms with Crippen LogP contribution < -0.4 is 16.0 Å². The van der Waals surface area contributed by atoms with E-state index in [9.17, 15) is 18.4 Å². The molecule has 2 aromatic rings. The average Bonchev–Trinajstić information content (AvgIpc) is 2.57. The molecule has 1 saturated heterocycles. The molecule has 1 heterocycles. The normalized spacial score (nSPS) is 19.5. The van der Waals surface area contributed by atoms with Crippen molar-refractivity contribution in [1.29, 1.82) is 0 Å². The van der Waals surface area contributed by atoms with Gasteiger partial charge in [0.25, 0.3) is 0 Å². The number of amides is 3. The molecule has 2 aromatic carbocycles. The number of halogens is 2. The first-order valence-electron chi connectivity index (χ1n) is 7.94. The van der Waals surface area contributed by atoms with E-state index in [4.69, 9.17) is 0 Å². The molecule has 3 rings (SSSR count). The van der Waals surface area contributed by atoms with Crippen molar-refractivity contribution in [3.05, 3.63) is 77.5 Å². The van der Waals surface area contributed by atoms with Gasteiger partial charge in [0.2, 0.25) is 5.91 Å². The van der Waals surface area contributed by atoms with Crippen molar-refractivity contribution in [2.24, 2.45) is 5.92 Å². The molecule has 134 valence electrons. The van der Waals surface area contributed by atoms with Gasteiger partial charge in [-0.05, 0) is 30.2 Å². The molecule has 0 saturated carbocycles. The number of urea groups is 1. The van der Waals surface area contributed by atoms with Crippen LogP contribution in [0.2, 0.25) is 0 Å². The Kier molecular flexibility index (Phi) is 4.71. The molecule has 5 nitrogen and oxygen atoms in total. The summed E-state index contributed by atoms with van der Waals surface area (Å²) in [6.45, 7) is 5.65. The zero-order valence-electron chi connectivity index (χ0n) is 14.0. The summed E-state index contributed by atoms with van der Waals surface area (Å²) >= 11 is 0. The first kappa shape index (κ1) is 17.6. The number of benzene rings is 2. The maximum absolute atomic E-state index is 13.4. The van der Waals surface area contributed by atoms with E-state index in [0.717, 1.165) is 23.3 Å². The Bertz CT molecular complexity index is 898. The first-order valence-corrected chi connectivity index (χ1v) is 7.94. The van der Waals surface area contributed by atoms with Gasteiger partial charge in [0.15, 0.2) is 11.6 Å². The van der Waals surface area contributed by atoms with Crippen molar-refractivity contribution in [3.8, 4) is 0 Å². The Morgan fingerprint density at radius 1 is 1.15 bits per heavy atom. The zero-order chi connectivity index (χ0) is 18.8. The summed E-state index contributed by atoms with van der Waals surface area (Å²) in [5.74, 6) is -3.40. The Hall–Kier alpha value is -3.22. The second-order valence-corrected chi connectivity index (χ2v) is 6.05. The number of rotatable bonds is 3. The van der Waals surface area contributed by atoms with E-state index < -0.39 is 35.5 Å². The summed E-state index contributed by atoms with van der Waals surface area (Å²) in [6.07, 6.45) is 0. The van der Waals surface area contributed by atoms with Crippen LogP contribution in [0.15, 0.2) is 54.7 Å². The largest absolute Gasteiger partial charge is 0.330 e. The topological polar surface area (TPSA) is 70.2 Å². The number of hydrogen-bond acceptors (Lipinski definition) is 2. The lowest BCUT2D eigenvalue weighted by molar-refractivity contribution is -0.119. The highest BCUT2D eigenvalue weighted by Gasteiger charge is 2.38. The highest BCUT2D eigenvalue weighted by molar-refractivity contribution is 5.97. The second-order valence-electron chi connectivity index (χ2n) is 6.05. The molecule has 3 amide bonds. The van der Waals surface area contributed by atoms with Gasteiger partial charge in [0.1, 0.15) is 5.92 Å². The molecule has 0 spiro atoms. The van der Waals surface area contributed by atoms with Gasteiger partial charge in [-0.15, -0.1) is 0 Å². The van der Waals surface area contributed by atoms with Crippen molar-refractivity contribution in [1.82, 2.24) is 10.6 Å². The lowest BCUT2D eigenvalue weighted by Crippen LogP contribution is -2.52. The number of carbonyl (C=O) groups excluding carboxylic acids is 2. The van der Waals surface area contributed by atoms with Crippen LogP contribution in [0.1, 0.15) is 17.2 Å². The molecule has 0 bridgehead atoms. The monoisotopic (exact) mass is 357 g/mol. The summed E-state index contributed by atoms with van der Waals surface area (Å²) in [7, 11) is 0. The number of anilines is 1. The molecule has 0 unspecified atom stereocenters. The zero-order valence-corrected chi connectivity index (χ0v) is 14.0. The van der Waals surface area contributed by atoms with Gasteiger partial charge in [-0.2, -0.15) is 0 Å². The Balaban J connectivity index is 1.92. The standard InChI is InChI=1S/C19H17F2N3O2/c1-10-5-3-4-6-13(10)17-16(11(2)22-19(26)24-17)18(25)23-12-7-8-14(20)15(21)9-12/h3-9,16-17H,2H2,1H3,(H,23,25)(H2,22,24,26)/t16-,17+/m1/s1. The van der Waals surface area contributed by atoms with E-state index in [0.29, 0.717) is 0 Å². The van der Waals surface area contributed by atoms with E-state index in [1.165, 1.54) is 6.07 Å². The summed E-state index contributed by atoms with van der Waals surface area (Å²) in [5, 5.41) is 7.78.